The highest BCUT2D eigenvalue weighted by Crippen LogP contribution is 2.36. The summed E-state index contributed by atoms with van der Waals surface area (Å²) in [5.74, 6) is -1.02. The summed E-state index contributed by atoms with van der Waals surface area (Å²) in [6, 6.07) is 0. The molecular weight excluding hydrogens is 208 g/mol. The average molecular weight is 228 g/mol. The van der Waals surface area contributed by atoms with Crippen molar-refractivity contribution in [3.05, 3.63) is 0 Å². The summed E-state index contributed by atoms with van der Waals surface area (Å²) in [7, 11) is 0. The topological polar surface area (TPSA) is 52.6 Å². The normalized spacial score (nSPS) is 28.9. The van der Waals surface area contributed by atoms with Gasteiger partial charge in [-0.15, -0.1) is 0 Å². The minimum Gasteiger partial charge on any atom is -0.465 e. The zero-order chi connectivity index (χ0) is 12.2. The van der Waals surface area contributed by atoms with Crippen LogP contribution in [-0.4, -0.2) is 25.2 Å². The van der Waals surface area contributed by atoms with Gasteiger partial charge in [-0.1, -0.05) is 26.7 Å². The largest absolute Gasteiger partial charge is 0.465 e. The Kier molecular flexibility index (Phi) is 4.33. The van der Waals surface area contributed by atoms with E-state index in [1.165, 1.54) is 0 Å². The molecular formula is C12H20O4. The van der Waals surface area contributed by atoms with E-state index in [-0.39, 0.29) is 5.92 Å². The lowest BCUT2D eigenvalue weighted by molar-refractivity contribution is -0.165. The van der Waals surface area contributed by atoms with Gasteiger partial charge in [0.1, 0.15) is 0 Å². The summed E-state index contributed by atoms with van der Waals surface area (Å²) in [6.45, 7) is 6.22. The van der Waals surface area contributed by atoms with Crippen LogP contribution >= 0.6 is 0 Å². The lowest BCUT2D eigenvalue weighted by Gasteiger charge is -2.21. The summed E-state index contributed by atoms with van der Waals surface area (Å²) in [5.41, 5.74) is -1.10. The maximum Gasteiger partial charge on any atom is 0.323 e. The van der Waals surface area contributed by atoms with Gasteiger partial charge in [-0.2, -0.15) is 0 Å². The molecule has 1 saturated heterocycles. The molecule has 4 heteroatoms. The molecule has 0 aromatic carbocycles. The molecule has 4 nitrogen and oxygen atoms in total. The van der Waals surface area contributed by atoms with Crippen LogP contribution in [0.5, 0.6) is 0 Å². The van der Waals surface area contributed by atoms with Crippen LogP contribution in [0.3, 0.4) is 0 Å². The third kappa shape index (κ3) is 2.36. The molecule has 16 heavy (non-hydrogen) atoms. The number of carbonyl (C=O) groups excluding carboxylic acids is 2. The van der Waals surface area contributed by atoms with Crippen LogP contribution in [0.2, 0.25) is 0 Å². The molecule has 2 atom stereocenters. The Morgan fingerprint density at radius 1 is 1.56 bits per heavy atom. The molecule has 2 unspecified atom stereocenters. The highest BCUT2D eigenvalue weighted by molar-refractivity contribution is 6.01. The van der Waals surface area contributed by atoms with Crippen molar-refractivity contribution < 1.29 is 19.1 Å². The molecule has 0 aromatic rings. The Labute approximate surface area is 96.3 Å². The zero-order valence-electron chi connectivity index (χ0n) is 10.2. The van der Waals surface area contributed by atoms with Gasteiger partial charge in [0, 0.05) is 5.92 Å². The highest BCUT2D eigenvalue weighted by atomic mass is 16.6. The molecule has 0 N–H and O–H groups in total. The maximum absolute atomic E-state index is 11.8. The predicted octanol–water partition coefficient (Wildman–Crippen LogP) is 1.92. The Hall–Kier alpha value is -1.06. The monoisotopic (exact) mass is 228 g/mol. The van der Waals surface area contributed by atoms with E-state index >= 15 is 0 Å². The minimum absolute atomic E-state index is 0.112. The van der Waals surface area contributed by atoms with Crippen molar-refractivity contribution in [1.29, 1.82) is 0 Å². The molecule has 0 aliphatic carbocycles. The number of cyclic esters (lactones) is 1. The number of unbranched alkanes of at least 4 members (excludes halogenated alkanes) is 2. The molecule has 1 aliphatic rings. The van der Waals surface area contributed by atoms with Gasteiger partial charge >= 0.3 is 11.9 Å². The Bertz CT molecular complexity index is 274. The zero-order valence-corrected chi connectivity index (χ0v) is 10.2. The lowest BCUT2D eigenvalue weighted by atomic mass is 9.80. The Morgan fingerprint density at radius 3 is 2.75 bits per heavy atom. The Morgan fingerprint density at radius 2 is 2.25 bits per heavy atom. The molecule has 0 spiro atoms. The van der Waals surface area contributed by atoms with Gasteiger partial charge in [-0.25, -0.2) is 0 Å². The number of esters is 2. The summed E-state index contributed by atoms with van der Waals surface area (Å²) >= 11 is 0. The summed E-state index contributed by atoms with van der Waals surface area (Å²) < 4.78 is 10.0. The van der Waals surface area contributed by atoms with Crippen LogP contribution in [0.4, 0.5) is 0 Å². The van der Waals surface area contributed by atoms with Crippen molar-refractivity contribution in [3.63, 3.8) is 0 Å². The van der Waals surface area contributed by atoms with E-state index in [1.54, 1.807) is 6.92 Å². The second-order valence-corrected chi connectivity index (χ2v) is 4.54. The van der Waals surface area contributed by atoms with Crippen LogP contribution in [0, 0.1) is 11.3 Å². The number of rotatable bonds is 5. The van der Waals surface area contributed by atoms with E-state index < -0.39 is 17.4 Å². The first kappa shape index (κ1) is 13.0. The third-order valence-corrected chi connectivity index (χ3v) is 3.28. The molecule has 1 fully saturated rings. The van der Waals surface area contributed by atoms with E-state index in [4.69, 9.17) is 9.47 Å². The molecule has 0 bridgehead atoms. The number of carbonyl (C=O) groups is 2. The first-order chi connectivity index (χ1) is 7.53. The van der Waals surface area contributed by atoms with Gasteiger partial charge in [0.15, 0.2) is 5.41 Å². The van der Waals surface area contributed by atoms with Crippen LogP contribution in [0.15, 0.2) is 0 Å². The van der Waals surface area contributed by atoms with Crippen molar-refractivity contribution >= 4 is 11.9 Å². The highest BCUT2D eigenvalue weighted by Gasteiger charge is 2.53. The standard InChI is InChI=1S/C12H20O4/c1-4-5-6-7-15-10(13)12(3)9(2)8-16-11(12)14/h9H,4-8H2,1-3H3. The first-order valence-electron chi connectivity index (χ1n) is 5.88. The summed E-state index contributed by atoms with van der Waals surface area (Å²) in [5, 5.41) is 0. The predicted molar refractivity (Wildman–Crippen MR) is 58.7 cm³/mol. The van der Waals surface area contributed by atoms with Gasteiger partial charge in [0.05, 0.1) is 13.2 Å². The van der Waals surface area contributed by atoms with E-state index in [0.717, 1.165) is 19.3 Å². The second kappa shape index (κ2) is 5.32. The fourth-order valence-corrected chi connectivity index (χ4v) is 1.67. The SMILES string of the molecule is CCCCCOC(=O)C1(C)C(=O)OCC1C. The third-order valence-electron chi connectivity index (χ3n) is 3.28. The maximum atomic E-state index is 11.8. The van der Waals surface area contributed by atoms with Crippen molar-refractivity contribution in [2.45, 2.75) is 40.0 Å². The second-order valence-electron chi connectivity index (χ2n) is 4.54. The van der Waals surface area contributed by atoms with Crippen LogP contribution in [0.1, 0.15) is 40.0 Å². The van der Waals surface area contributed by atoms with E-state index in [1.807, 2.05) is 6.92 Å². The van der Waals surface area contributed by atoms with E-state index in [2.05, 4.69) is 6.92 Å². The van der Waals surface area contributed by atoms with Crippen molar-refractivity contribution in [3.8, 4) is 0 Å². The molecule has 1 heterocycles. The fraction of sp³-hybridized carbons (Fsp3) is 0.833. The summed E-state index contributed by atoms with van der Waals surface area (Å²) in [4.78, 5) is 23.3. The molecule has 0 saturated carbocycles. The summed E-state index contributed by atoms with van der Waals surface area (Å²) in [6.07, 6.45) is 2.96. The molecule has 1 rings (SSSR count). The van der Waals surface area contributed by atoms with Gasteiger partial charge < -0.3 is 9.47 Å². The molecule has 1 aliphatic heterocycles. The van der Waals surface area contributed by atoms with E-state index in [9.17, 15) is 9.59 Å². The fourth-order valence-electron chi connectivity index (χ4n) is 1.67. The molecule has 92 valence electrons. The van der Waals surface area contributed by atoms with E-state index in [0.29, 0.717) is 13.2 Å². The average Bonchev–Trinajstić information content (AvgIpc) is 2.53. The number of hydrogen-bond acceptors (Lipinski definition) is 4. The minimum atomic E-state index is -1.10. The van der Waals surface area contributed by atoms with Crippen LogP contribution < -0.4 is 0 Å². The first-order valence-corrected chi connectivity index (χ1v) is 5.88. The Balaban J connectivity index is 2.49. The van der Waals surface area contributed by atoms with Gasteiger partial charge in [-0.3, -0.25) is 9.59 Å². The molecule has 0 amide bonds. The van der Waals surface area contributed by atoms with Gasteiger partial charge in [0.2, 0.25) is 0 Å². The number of ether oxygens (including phenoxy) is 2. The van der Waals surface area contributed by atoms with Crippen molar-refractivity contribution in [1.82, 2.24) is 0 Å². The van der Waals surface area contributed by atoms with Gasteiger partial charge in [-0.05, 0) is 13.3 Å². The van der Waals surface area contributed by atoms with Crippen molar-refractivity contribution in [2.24, 2.45) is 11.3 Å². The number of hydrogen-bond donors (Lipinski definition) is 0. The van der Waals surface area contributed by atoms with Crippen LogP contribution in [0.25, 0.3) is 0 Å². The van der Waals surface area contributed by atoms with Crippen molar-refractivity contribution in [2.75, 3.05) is 13.2 Å². The quantitative estimate of drug-likeness (QED) is 0.410. The van der Waals surface area contributed by atoms with Crippen LogP contribution in [-0.2, 0) is 19.1 Å². The molecule has 0 radical (unpaired) electrons. The van der Waals surface area contributed by atoms with Gasteiger partial charge in [0.25, 0.3) is 0 Å². The lowest BCUT2D eigenvalue weighted by Crippen LogP contribution is -2.39. The smallest absolute Gasteiger partial charge is 0.323 e. The molecule has 0 aromatic heterocycles.